The average molecular weight is 308 g/mol. The molecule has 1 aliphatic heterocycles. The van der Waals surface area contributed by atoms with Gasteiger partial charge in [-0.2, -0.15) is 4.31 Å². The topological polar surface area (TPSA) is 49.4 Å². The van der Waals surface area contributed by atoms with E-state index in [4.69, 9.17) is 0 Å². The van der Waals surface area contributed by atoms with E-state index in [2.05, 4.69) is 12.2 Å². The summed E-state index contributed by atoms with van der Waals surface area (Å²) in [4.78, 5) is 0.443. The molecule has 4 nitrogen and oxygen atoms in total. The number of benzene rings is 1. The summed E-state index contributed by atoms with van der Waals surface area (Å²) < 4.78 is 27.3. The molecule has 1 aliphatic carbocycles. The highest BCUT2D eigenvalue weighted by atomic mass is 32.2. The van der Waals surface area contributed by atoms with Crippen molar-refractivity contribution in [2.24, 2.45) is 0 Å². The van der Waals surface area contributed by atoms with Crippen LogP contribution in [0.1, 0.15) is 44.6 Å². The molecule has 2 aliphatic rings. The first kappa shape index (κ1) is 15.0. The summed E-state index contributed by atoms with van der Waals surface area (Å²) in [7, 11) is -3.34. The molecule has 2 fully saturated rings. The minimum absolute atomic E-state index is 0.170. The van der Waals surface area contributed by atoms with Gasteiger partial charge in [-0.3, -0.25) is 0 Å². The van der Waals surface area contributed by atoms with Crippen molar-refractivity contribution in [3.8, 4) is 0 Å². The van der Waals surface area contributed by atoms with Crippen LogP contribution in [0.15, 0.2) is 29.2 Å². The van der Waals surface area contributed by atoms with Gasteiger partial charge in [0.1, 0.15) is 0 Å². The number of rotatable bonds is 6. The molecule has 21 heavy (non-hydrogen) atoms. The first-order chi connectivity index (χ1) is 10.1. The largest absolute Gasteiger partial charge is 0.310 e. The van der Waals surface area contributed by atoms with Crippen LogP contribution >= 0.6 is 0 Å². The van der Waals surface area contributed by atoms with Gasteiger partial charge < -0.3 is 5.32 Å². The van der Waals surface area contributed by atoms with Crippen molar-refractivity contribution in [3.05, 3.63) is 29.8 Å². The Balaban J connectivity index is 1.79. The first-order valence-corrected chi connectivity index (χ1v) is 9.39. The van der Waals surface area contributed by atoms with Gasteiger partial charge in [0.05, 0.1) is 4.90 Å². The average Bonchev–Trinajstić information content (AvgIpc) is 3.19. The Bertz CT molecular complexity index is 596. The maximum atomic E-state index is 12.8. The van der Waals surface area contributed by atoms with E-state index in [1.165, 1.54) is 12.8 Å². The van der Waals surface area contributed by atoms with Crippen LogP contribution in [0.4, 0.5) is 0 Å². The molecule has 0 bridgehead atoms. The number of hydrogen-bond acceptors (Lipinski definition) is 3. The van der Waals surface area contributed by atoms with Crippen molar-refractivity contribution < 1.29 is 8.42 Å². The Labute approximate surface area is 127 Å². The standard InChI is InChI=1S/C16H24N2O2S/c1-2-15-6-4-10-18(15)21(19,20)16-7-3-5-13(11-16)12-17-14-8-9-14/h3,5,7,11,14-15,17H,2,4,6,8-10,12H2,1H3. The van der Waals surface area contributed by atoms with Gasteiger partial charge in [0.15, 0.2) is 0 Å². The van der Waals surface area contributed by atoms with Crippen LogP contribution in [-0.2, 0) is 16.6 Å². The van der Waals surface area contributed by atoms with Crippen molar-refractivity contribution in [3.63, 3.8) is 0 Å². The van der Waals surface area contributed by atoms with Crippen LogP contribution in [0.5, 0.6) is 0 Å². The van der Waals surface area contributed by atoms with Gasteiger partial charge in [0.2, 0.25) is 10.0 Å². The highest BCUT2D eigenvalue weighted by Crippen LogP contribution is 2.28. The molecule has 5 heteroatoms. The van der Waals surface area contributed by atoms with Crippen molar-refractivity contribution in [2.75, 3.05) is 6.54 Å². The van der Waals surface area contributed by atoms with Crippen LogP contribution in [0, 0.1) is 0 Å². The normalized spacial score (nSPS) is 23.6. The fourth-order valence-electron chi connectivity index (χ4n) is 3.03. The van der Waals surface area contributed by atoms with E-state index >= 15 is 0 Å². The predicted molar refractivity (Wildman–Crippen MR) is 83.5 cm³/mol. The Kier molecular flexibility index (Phi) is 4.33. The second kappa shape index (κ2) is 6.07. The lowest BCUT2D eigenvalue weighted by atomic mass is 10.2. The smallest absolute Gasteiger partial charge is 0.243 e. The molecule has 3 rings (SSSR count). The van der Waals surface area contributed by atoms with Gasteiger partial charge in [-0.25, -0.2) is 8.42 Å². The lowest BCUT2D eigenvalue weighted by molar-refractivity contribution is 0.379. The van der Waals surface area contributed by atoms with Gasteiger partial charge in [-0.1, -0.05) is 19.1 Å². The molecule has 1 aromatic carbocycles. The van der Waals surface area contributed by atoms with E-state index in [-0.39, 0.29) is 6.04 Å². The van der Waals surface area contributed by atoms with Crippen LogP contribution in [0.25, 0.3) is 0 Å². The molecular weight excluding hydrogens is 284 g/mol. The molecule has 1 saturated heterocycles. The molecule has 1 saturated carbocycles. The molecule has 0 aromatic heterocycles. The second-order valence-electron chi connectivity index (χ2n) is 6.12. The third kappa shape index (κ3) is 3.30. The highest BCUT2D eigenvalue weighted by molar-refractivity contribution is 7.89. The van der Waals surface area contributed by atoms with Crippen LogP contribution in [-0.4, -0.2) is 31.4 Å². The monoisotopic (exact) mass is 308 g/mol. The van der Waals surface area contributed by atoms with Gasteiger partial charge in [0, 0.05) is 25.2 Å². The SMILES string of the molecule is CCC1CCCN1S(=O)(=O)c1cccc(CNC2CC2)c1. The molecule has 0 radical (unpaired) electrons. The Morgan fingerprint density at radius 1 is 1.29 bits per heavy atom. The number of sulfonamides is 1. The molecule has 116 valence electrons. The Morgan fingerprint density at radius 3 is 2.81 bits per heavy atom. The zero-order valence-corrected chi connectivity index (χ0v) is 13.4. The fourth-order valence-corrected chi connectivity index (χ4v) is 4.87. The van der Waals surface area contributed by atoms with Crippen LogP contribution in [0.2, 0.25) is 0 Å². The minimum atomic E-state index is -3.34. The molecule has 1 atom stereocenters. The lowest BCUT2D eigenvalue weighted by Gasteiger charge is -2.23. The molecule has 1 N–H and O–H groups in total. The maximum absolute atomic E-state index is 12.8. The van der Waals surface area contributed by atoms with Crippen molar-refractivity contribution in [1.82, 2.24) is 9.62 Å². The zero-order valence-electron chi connectivity index (χ0n) is 12.6. The van der Waals surface area contributed by atoms with Crippen LogP contribution < -0.4 is 5.32 Å². The Hall–Kier alpha value is -0.910. The fraction of sp³-hybridized carbons (Fsp3) is 0.625. The molecule has 1 aromatic rings. The number of nitrogens with one attached hydrogen (secondary N) is 1. The van der Waals surface area contributed by atoms with Gasteiger partial charge in [0.25, 0.3) is 0 Å². The van der Waals surface area contributed by atoms with Gasteiger partial charge in [-0.15, -0.1) is 0 Å². The van der Waals surface area contributed by atoms with E-state index < -0.39 is 10.0 Å². The quantitative estimate of drug-likeness (QED) is 0.878. The second-order valence-corrected chi connectivity index (χ2v) is 8.01. The zero-order chi connectivity index (χ0) is 14.9. The summed E-state index contributed by atoms with van der Waals surface area (Å²) in [6, 6.07) is 8.21. The van der Waals surface area contributed by atoms with E-state index in [0.29, 0.717) is 17.5 Å². The molecule has 0 amide bonds. The van der Waals surface area contributed by atoms with Crippen molar-refractivity contribution in [2.45, 2.75) is 62.6 Å². The third-order valence-corrected chi connectivity index (χ3v) is 6.42. The van der Waals surface area contributed by atoms with E-state index in [1.807, 2.05) is 18.2 Å². The Morgan fingerprint density at radius 2 is 2.10 bits per heavy atom. The number of hydrogen-bond donors (Lipinski definition) is 1. The number of nitrogens with zero attached hydrogens (tertiary/aromatic N) is 1. The van der Waals surface area contributed by atoms with E-state index in [0.717, 1.165) is 31.4 Å². The summed E-state index contributed by atoms with van der Waals surface area (Å²) in [6.07, 6.45) is 5.33. The van der Waals surface area contributed by atoms with Crippen LogP contribution in [0.3, 0.4) is 0 Å². The summed E-state index contributed by atoms with van der Waals surface area (Å²) in [5, 5.41) is 3.43. The summed E-state index contributed by atoms with van der Waals surface area (Å²) in [6.45, 7) is 3.48. The van der Waals surface area contributed by atoms with Gasteiger partial charge >= 0.3 is 0 Å². The minimum Gasteiger partial charge on any atom is -0.310 e. The first-order valence-electron chi connectivity index (χ1n) is 7.95. The highest BCUT2D eigenvalue weighted by Gasteiger charge is 2.34. The lowest BCUT2D eigenvalue weighted by Crippen LogP contribution is -2.35. The van der Waals surface area contributed by atoms with E-state index in [9.17, 15) is 8.42 Å². The van der Waals surface area contributed by atoms with E-state index in [1.54, 1.807) is 10.4 Å². The summed E-state index contributed by atoms with van der Waals surface area (Å²) in [5.74, 6) is 0. The molecular formula is C16H24N2O2S. The molecule has 0 spiro atoms. The molecule has 1 heterocycles. The van der Waals surface area contributed by atoms with Gasteiger partial charge in [-0.05, 0) is 49.8 Å². The summed E-state index contributed by atoms with van der Waals surface area (Å²) in [5.41, 5.74) is 1.05. The summed E-state index contributed by atoms with van der Waals surface area (Å²) >= 11 is 0. The predicted octanol–water partition coefficient (Wildman–Crippen LogP) is 2.50. The molecule has 1 unspecified atom stereocenters. The van der Waals surface area contributed by atoms with Crippen molar-refractivity contribution >= 4 is 10.0 Å². The third-order valence-electron chi connectivity index (χ3n) is 4.47. The maximum Gasteiger partial charge on any atom is 0.243 e. The van der Waals surface area contributed by atoms with Crippen molar-refractivity contribution in [1.29, 1.82) is 0 Å².